The summed E-state index contributed by atoms with van der Waals surface area (Å²) in [7, 11) is 0. The minimum absolute atomic E-state index is 0.0631. The van der Waals surface area contributed by atoms with Crippen molar-refractivity contribution in [1.82, 2.24) is 0 Å². The van der Waals surface area contributed by atoms with Crippen molar-refractivity contribution in [3.05, 3.63) is 12.7 Å². The topological polar surface area (TPSA) is 38.4 Å². The summed E-state index contributed by atoms with van der Waals surface area (Å²) in [6.45, 7) is 12.1. The SMILES string of the molecule is C=CC(N)=NC(C)(C)CC(C)C. The van der Waals surface area contributed by atoms with E-state index in [1.165, 1.54) is 0 Å². The molecule has 70 valence electrons. The molecule has 0 bridgehead atoms. The molecule has 0 heterocycles. The average Bonchev–Trinajstić information content (AvgIpc) is 1.83. The second-order valence-corrected chi connectivity index (χ2v) is 4.15. The third-order valence-corrected chi connectivity index (χ3v) is 1.55. The highest BCUT2D eigenvalue weighted by molar-refractivity contribution is 5.91. The molecule has 2 N–H and O–H groups in total. The molecule has 0 aromatic carbocycles. The van der Waals surface area contributed by atoms with Crippen LogP contribution in [-0.4, -0.2) is 11.4 Å². The molecule has 2 nitrogen and oxygen atoms in total. The van der Waals surface area contributed by atoms with Crippen molar-refractivity contribution >= 4 is 5.84 Å². The van der Waals surface area contributed by atoms with Gasteiger partial charge < -0.3 is 5.73 Å². The van der Waals surface area contributed by atoms with Crippen molar-refractivity contribution in [2.24, 2.45) is 16.6 Å². The Morgan fingerprint density at radius 2 is 2.08 bits per heavy atom. The zero-order chi connectivity index (χ0) is 9.78. The molecule has 0 radical (unpaired) electrons. The second-order valence-electron chi connectivity index (χ2n) is 4.15. The van der Waals surface area contributed by atoms with Gasteiger partial charge >= 0.3 is 0 Å². The highest BCUT2D eigenvalue weighted by Crippen LogP contribution is 2.19. The lowest BCUT2D eigenvalue weighted by Gasteiger charge is -2.22. The molecule has 2 heteroatoms. The summed E-state index contributed by atoms with van der Waals surface area (Å²) in [4.78, 5) is 4.34. The maximum atomic E-state index is 5.57. The summed E-state index contributed by atoms with van der Waals surface area (Å²) in [5.74, 6) is 1.17. The molecule has 0 aliphatic heterocycles. The van der Waals surface area contributed by atoms with Gasteiger partial charge in [-0.1, -0.05) is 20.4 Å². The molecule has 0 aliphatic rings. The van der Waals surface area contributed by atoms with E-state index in [4.69, 9.17) is 5.73 Å². The Balaban J connectivity index is 4.30. The Morgan fingerprint density at radius 3 is 2.42 bits per heavy atom. The molecule has 0 rings (SSSR count). The minimum Gasteiger partial charge on any atom is -0.384 e. The van der Waals surface area contributed by atoms with E-state index in [0.29, 0.717) is 11.8 Å². The lowest BCUT2D eigenvalue weighted by molar-refractivity contribution is 0.403. The summed E-state index contributed by atoms with van der Waals surface area (Å²) in [6, 6.07) is 0. The zero-order valence-electron chi connectivity index (χ0n) is 8.59. The van der Waals surface area contributed by atoms with Crippen LogP contribution in [0.2, 0.25) is 0 Å². The van der Waals surface area contributed by atoms with Gasteiger partial charge in [0.2, 0.25) is 0 Å². The summed E-state index contributed by atoms with van der Waals surface area (Å²) in [5, 5.41) is 0. The Hall–Kier alpha value is -0.790. The van der Waals surface area contributed by atoms with E-state index in [9.17, 15) is 0 Å². The monoisotopic (exact) mass is 168 g/mol. The first-order valence-corrected chi connectivity index (χ1v) is 4.35. The first-order chi connectivity index (χ1) is 5.37. The van der Waals surface area contributed by atoms with E-state index in [2.05, 4.69) is 39.3 Å². The van der Waals surface area contributed by atoms with Crippen LogP contribution in [0.4, 0.5) is 0 Å². The predicted molar refractivity (Wildman–Crippen MR) is 55.4 cm³/mol. The Morgan fingerprint density at radius 1 is 1.58 bits per heavy atom. The third kappa shape index (κ3) is 4.94. The molecular formula is C10H20N2. The van der Waals surface area contributed by atoms with Crippen molar-refractivity contribution < 1.29 is 0 Å². The maximum absolute atomic E-state index is 5.57. The molecule has 12 heavy (non-hydrogen) atoms. The molecule has 0 saturated carbocycles. The quantitative estimate of drug-likeness (QED) is 0.508. The summed E-state index contributed by atoms with van der Waals surface area (Å²) >= 11 is 0. The maximum Gasteiger partial charge on any atom is 0.118 e. The number of hydrogen-bond donors (Lipinski definition) is 1. The van der Waals surface area contributed by atoms with Crippen LogP contribution in [0.3, 0.4) is 0 Å². The van der Waals surface area contributed by atoms with Crippen LogP contribution in [0.15, 0.2) is 17.6 Å². The van der Waals surface area contributed by atoms with Crippen molar-refractivity contribution in [2.45, 2.75) is 39.7 Å². The lowest BCUT2D eigenvalue weighted by atomic mass is 9.93. The number of rotatable bonds is 4. The molecular weight excluding hydrogens is 148 g/mol. The van der Waals surface area contributed by atoms with E-state index in [1.54, 1.807) is 6.08 Å². The average molecular weight is 168 g/mol. The second kappa shape index (κ2) is 4.29. The first-order valence-electron chi connectivity index (χ1n) is 4.35. The fraction of sp³-hybridized carbons (Fsp3) is 0.700. The van der Waals surface area contributed by atoms with Crippen molar-refractivity contribution in [3.63, 3.8) is 0 Å². The molecule has 0 spiro atoms. The number of amidine groups is 1. The number of hydrogen-bond acceptors (Lipinski definition) is 1. The Labute approximate surface area is 75.6 Å². The van der Waals surface area contributed by atoms with Crippen molar-refractivity contribution in [1.29, 1.82) is 0 Å². The van der Waals surface area contributed by atoms with E-state index >= 15 is 0 Å². The minimum atomic E-state index is -0.0631. The summed E-state index contributed by atoms with van der Waals surface area (Å²) in [6.07, 6.45) is 2.63. The fourth-order valence-corrected chi connectivity index (χ4v) is 1.44. The van der Waals surface area contributed by atoms with Gasteiger partial charge in [-0.05, 0) is 32.3 Å². The van der Waals surface area contributed by atoms with Crippen LogP contribution in [0.5, 0.6) is 0 Å². The van der Waals surface area contributed by atoms with Crippen molar-refractivity contribution in [2.75, 3.05) is 0 Å². The number of nitrogens with two attached hydrogens (primary N) is 1. The fourth-order valence-electron chi connectivity index (χ4n) is 1.44. The number of nitrogens with zero attached hydrogens (tertiary/aromatic N) is 1. The van der Waals surface area contributed by atoms with Crippen LogP contribution in [-0.2, 0) is 0 Å². The summed E-state index contributed by atoms with van der Waals surface area (Å²) in [5.41, 5.74) is 5.50. The van der Waals surface area contributed by atoms with E-state index in [1.807, 2.05) is 0 Å². The standard InChI is InChI=1S/C10H20N2/c1-6-9(11)12-10(4,5)7-8(2)3/h6,8H,1,7H2,2-5H3,(H2,11,12). The van der Waals surface area contributed by atoms with Crippen LogP contribution in [0, 0.1) is 5.92 Å². The van der Waals surface area contributed by atoms with Gasteiger partial charge in [-0.3, -0.25) is 4.99 Å². The molecule has 0 aromatic heterocycles. The highest BCUT2D eigenvalue weighted by atomic mass is 14.9. The molecule has 0 unspecified atom stereocenters. The molecule has 0 aromatic rings. The van der Waals surface area contributed by atoms with Crippen LogP contribution in [0.25, 0.3) is 0 Å². The smallest absolute Gasteiger partial charge is 0.118 e. The molecule has 0 atom stereocenters. The van der Waals surface area contributed by atoms with Crippen LogP contribution < -0.4 is 5.73 Å². The summed E-state index contributed by atoms with van der Waals surface area (Å²) < 4.78 is 0. The largest absolute Gasteiger partial charge is 0.384 e. The number of aliphatic imine (C=N–C) groups is 1. The molecule has 0 saturated heterocycles. The predicted octanol–water partition coefficient (Wildman–Crippen LogP) is 2.35. The normalized spacial score (nSPS) is 13.6. The third-order valence-electron chi connectivity index (χ3n) is 1.55. The molecule has 0 fully saturated rings. The van der Waals surface area contributed by atoms with Gasteiger partial charge in [0, 0.05) is 0 Å². The van der Waals surface area contributed by atoms with Gasteiger partial charge in [0.05, 0.1) is 5.54 Å². The van der Waals surface area contributed by atoms with Gasteiger partial charge in [0.1, 0.15) is 5.84 Å². The van der Waals surface area contributed by atoms with Gasteiger partial charge in [0.15, 0.2) is 0 Å². The van der Waals surface area contributed by atoms with Gasteiger partial charge in [-0.2, -0.15) is 0 Å². The van der Waals surface area contributed by atoms with E-state index in [0.717, 1.165) is 6.42 Å². The first kappa shape index (κ1) is 11.2. The van der Waals surface area contributed by atoms with Gasteiger partial charge in [-0.25, -0.2) is 0 Å². The van der Waals surface area contributed by atoms with E-state index < -0.39 is 0 Å². The molecule has 0 amide bonds. The van der Waals surface area contributed by atoms with E-state index in [-0.39, 0.29) is 5.54 Å². The van der Waals surface area contributed by atoms with Crippen molar-refractivity contribution in [3.8, 4) is 0 Å². The van der Waals surface area contributed by atoms with Crippen LogP contribution in [0.1, 0.15) is 34.1 Å². The van der Waals surface area contributed by atoms with Gasteiger partial charge in [-0.15, -0.1) is 0 Å². The Bertz CT molecular complexity index is 178. The highest BCUT2D eigenvalue weighted by Gasteiger charge is 2.17. The van der Waals surface area contributed by atoms with Gasteiger partial charge in [0.25, 0.3) is 0 Å². The Kier molecular flexibility index (Phi) is 4.01. The lowest BCUT2D eigenvalue weighted by Crippen LogP contribution is -2.24. The van der Waals surface area contributed by atoms with Crippen LogP contribution >= 0.6 is 0 Å². The molecule has 0 aliphatic carbocycles. The zero-order valence-corrected chi connectivity index (χ0v) is 8.59.